The van der Waals surface area contributed by atoms with Crippen molar-refractivity contribution >= 4 is 65.9 Å². The Morgan fingerprint density at radius 2 is 1.13 bits per heavy atom. The van der Waals surface area contributed by atoms with E-state index in [1.807, 2.05) is 58.0 Å². The zero-order chi connectivity index (χ0) is 33.7. The summed E-state index contributed by atoms with van der Waals surface area (Å²) in [6.07, 6.45) is 10.5. The van der Waals surface area contributed by atoms with Crippen LogP contribution < -0.4 is 11.1 Å². The van der Waals surface area contributed by atoms with Gasteiger partial charge in [0.25, 0.3) is 0 Å². The first-order valence-corrected chi connectivity index (χ1v) is 17.0. The molecule has 0 radical (unpaired) electrons. The molecule has 3 N–H and O–H groups in total. The van der Waals surface area contributed by atoms with E-state index < -0.39 is 33.4 Å². The molecule has 2 aliphatic carbocycles. The van der Waals surface area contributed by atoms with Crippen molar-refractivity contribution in [1.82, 2.24) is 5.32 Å². The fourth-order valence-electron chi connectivity index (χ4n) is 5.14. The maximum absolute atomic E-state index is 12.5. The molecule has 12 nitrogen and oxygen atoms in total. The molecule has 3 rings (SSSR count). The zero-order valence-electron chi connectivity index (χ0n) is 27.1. The number of rotatable bonds is 11. The normalized spacial score (nSPS) is 15.1. The largest absolute Gasteiger partial charge is 0.445 e. The van der Waals surface area contributed by atoms with E-state index in [0.29, 0.717) is 18.3 Å². The van der Waals surface area contributed by atoms with Gasteiger partial charge in [-0.2, -0.15) is 27.0 Å². The van der Waals surface area contributed by atoms with E-state index in [2.05, 4.69) is 5.32 Å². The smallest absolute Gasteiger partial charge is 0.425 e. The van der Waals surface area contributed by atoms with E-state index in [9.17, 15) is 14.4 Å². The van der Waals surface area contributed by atoms with Gasteiger partial charge in [0, 0.05) is 12.8 Å². The van der Waals surface area contributed by atoms with E-state index >= 15 is 0 Å². The second kappa shape index (κ2) is 27.8. The number of amides is 1. The summed E-state index contributed by atoms with van der Waals surface area (Å²) in [6, 6.07) is 8.83. The first kappa shape index (κ1) is 48.1. The Hall–Kier alpha value is -2.27. The molecule has 266 valence electrons. The quantitative estimate of drug-likeness (QED) is 0.327. The third-order valence-corrected chi connectivity index (χ3v) is 7.52. The van der Waals surface area contributed by atoms with Gasteiger partial charge in [-0.1, -0.05) is 109 Å². The summed E-state index contributed by atoms with van der Waals surface area (Å²) in [5.74, 6) is 1.87. The van der Waals surface area contributed by atoms with Gasteiger partial charge in [0.2, 0.25) is 0 Å². The monoisotopic (exact) mass is 728 g/mol. The van der Waals surface area contributed by atoms with Gasteiger partial charge in [0.15, 0.2) is 5.78 Å². The van der Waals surface area contributed by atoms with Crippen LogP contribution in [0.3, 0.4) is 0 Å². The Kier molecular flexibility index (Phi) is 29.1. The summed E-state index contributed by atoms with van der Waals surface area (Å²) >= 11 is 0. The number of carbonyl (C=O) groups excluding carboxylic acids is 3. The van der Waals surface area contributed by atoms with Gasteiger partial charge in [-0.15, -0.1) is 25.3 Å². The highest BCUT2D eigenvalue weighted by Crippen LogP contribution is 2.29. The third kappa shape index (κ3) is 24.9. The van der Waals surface area contributed by atoms with Gasteiger partial charge in [-0.05, 0) is 29.2 Å². The maximum atomic E-state index is 12.5. The molecular formula is C30H52N2O10S4. The molecule has 0 aliphatic heterocycles. The molecule has 16 heteroatoms. The number of ether oxygens (including phenoxy) is 1. The predicted molar refractivity (Wildman–Crippen MR) is 185 cm³/mol. The molecule has 0 heterocycles. The molecule has 46 heavy (non-hydrogen) atoms. The molecule has 0 spiro atoms. The van der Waals surface area contributed by atoms with Crippen LogP contribution in [0.25, 0.3) is 0 Å². The fourth-order valence-corrected chi connectivity index (χ4v) is 5.14. The number of nitrogens with one attached hydrogen (secondary N) is 1. The van der Waals surface area contributed by atoms with Crippen molar-refractivity contribution in [3.8, 4) is 0 Å². The number of hydrogen-bond donors (Lipinski definition) is 2. The average molecular weight is 729 g/mol. The van der Waals surface area contributed by atoms with Crippen molar-refractivity contribution in [3.63, 3.8) is 0 Å². The topological polar surface area (TPSA) is 201 Å². The van der Waals surface area contributed by atoms with Crippen LogP contribution in [0.15, 0.2) is 30.3 Å². The summed E-state index contributed by atoms with van der Waals surface area (Å²) in [5.41, 5.74) is 6.72. The molecule has 1 amide bonds. The molecule has 1 aromatic rings. The predicted octanol–water partition coefficient (Wildman–Crippen LogP) is 4.42. The Morgan fingerprint density at radius 3 is 1.50 bits per heavy atom. The Balaban J connectivity index is -0.000000680. The van der Waals surface area contributed by atoms with E-state index in [4.69, 9.17) is 35.7 Å². The van der Waals surface area contributed by atoms with Crippen LogP contribution in [0.4, 0.5) is 4.79 Å². The van der Waals surface area contributed by atoms with Gasteiger partial charge >= 0.3 is 27.3 Å². The third-order valence-electron chi connectivity index (χ3n) is 7.52. The maximum Gasteiger partial charge on any atom is 0.425 e. The van der Waals surface area contributed by atoms with Crippen LogP contribution in [-0.2, 0) is 42.2 Å². The fraction of sp³-hybridized carbons (Fsp3) is 0.700. The highest BCUT2D eigenvalue weighted by atomic mass is 32.2. The molecule has 0 aromatic heterocycles. The highest BCUT2D eigenvalue weighted by Gasteiger charge is 2.28. The molecule has 0 bridgehead atoms. The molecular weight excluding hydrogens is 677 g/mol. The van der Waals surface area contributed by atoms with Gasteiger partial charge in [0.1, 0.15) is 12.4 Å². The highest BCUT2D eigenvalue weighted by molar-refractivity contribution is 7.59. The second-order valence-corrected chi connectivity index (χ2v) is 12.6. The Morgan fingerprint density at radius 1 is 0.739 bits per heavy atom. The number of hydrogen-bond acceptors (Lipinski definition) is 11. The lowest BCUT2D eigenvalue weighted by Gasteiger charge is -2.22. The molecule has 0 unspecified atom stereocenters. The minimum atomic E-state index is -3.11. The number of carbonyl (C=O) groups is 3. The van der Waals surface area contributed by atoms with Gasteiger partial charge in [-0.3, -0.25) is 9.59 Å². The zero-order valence-corrected chi connectivity index (χ0v) is 30.7. The number of ketones is 2. The van der Waals surface area contributed by atoms with Crippen molar-refractivity contribution in [3.05, 3.63) is 35.9 Å². The Bertz CT molecular complexity index is 1170. The van der Waals surface area contributed by atoms with Crippen molar-refractivity contribution in [2.24, 2.45) is 29.4 Å². The average Bonchev–Trinajstić information content (AvgIpc) is 3.65. The Labute approximate surface area is 290 Å². The molecule has 2 atom stereocenters. The summed E-state index contributed by atoms with van der Waals surface area (Å²) in [6.45, 7) is 8.14. The van der Waals surface area contributed by atoms with E-state index in [1.54, 1.807) is 0 Å². The standard InChI is InChI=1S/C19H27NO3.C11H21NO.2O3S.2H2S/c1-14(2)18(17(21)12-15-8-6-7-9-15)20-19(22)23-13-16-10-4-3-5-11-16;1-8(2)11(12)10(13)7-9-5-3-4-6-9;2*1-4(2)3;;/h3-5,10-11,14-15,18H,6-9,12-13H2,1-2H3,(H,20,22);8-9,11H,3-7,12H2,1-2H3;;;2*1H2/t18-;11-;;;;/m00..../s1. The van der Waals surface area contributed by atoms with Gasteiger partial charge in [0.05, 0.1) is 12.1 Å². The van der Waals surface area contributed by atoms with Gasteiger partial charge in [-0.25, -0.2) is 4.79 Å². The van der Waals surface area contributed by atoms with Crippen molar-refractivity contribution < 1.29 is 44.4 Å². The lowest BCUT2D eigenvalue weighted by atomic mass is 9.92. The minimum Gasteiger partial charge on any atom is -0.445 e. The van der Waals surface area contributed by atoms with Gasteiger partial charge < -0.3 is 15.8 Å². The summed E-state index contributed by atoms with van der Waals surface area (Å²) < 4.78 is 55.9. The first-order chi connectivity index (χ1) is 20.6. The number of benzene rings is 1. The van der Waals surface area contributed by atoms with Crippen LogP contribution >= 0.6 is 27.0 Å². The summed E-state index contributed by atoms with van der Waals surface area (Å²) in [5, 5.41) is 2.75. The van der Waals surface area contributed by atoms with Crippen LogP contribution in [-0.4, -0.2) is 55.0 Å². The lowest BCUT2D eigenvalue weighted by molar-refractivity contribution is -0.123. The molecule has 2 fully saturated rings. The van der Waals surface area contributed by atoms with E-state index in [0.717, 1.165) is 24.8 Å². The SMILES string of the molecule is CC(C)[C@H](N)C(=O)CC1CCCC1.CC(C)[C@H](NC(=O)OCc1ccccc1)C(=O)CC1CCCC1.O=S(=O)=O.O=S(=O)=O.S.S. The molecule has 2 saturated carbocycles. The minimum absolute atomic E-state index is 0. The molecule has 0 saturated heterocycles. The summed E-state index contributed by atoms with van der Waals surface area (Å²) in [7, 11) is -6.22. The van der Waals surface area contributed by atoms with Crippen molar-refractivity contribution in [2.45, 2.75) is 111 Å². The molecule has 1 aromatic carbocycles. The van der Waals surface area contributed by atoms with Crippen LogP contribution in [0.5, 0.6) is 0 Å². The van der Waals surface area contributed by atoms with E-state index in [1.165, 1.54) is 38.5 Å². The van der Waals surface area contributed by atoms with Crippen molar-refractivity contribution in [1.29, 1.82) is 0 Å². The summed E-state index contributed by atoms with van der Waals surface area (Å²) in [4.78, 5) is 36.1. The second-order valence-electron chi connectivity index (χ2n) is 11.7. The lowest BCUT2D eigenvalue weighted by Crippen LogP contribution is -2.45. The first-order valence-electron chi connectivity index (χ1n) is 15.0. The van der Waals surface area contributed by atoms with Crippen LogP contribution in [0.2, 0.25) is 0 Å². The van der Waals surface area contributed by atoms with Crippen LogP contribution in [0.1, 0.15) is 97.5 Å². The number of nitrogens with two attached hydrogens (primary N) is 1. The number of Topliss-reactive ketones (excluding diaryl/α,β-unsaturated/α-hetero) is 2. The number of alkyl carbamates (subject to hydrolysis) is 1. The van der Waals surface area contributed by atoms with E-state index in [-0.39, 0.29) is 63.0 Å². The van der Waals surface area contributed by atoms with Crippen LogP contribution in [0, 0.1) is 23.7 Å². The molecule has 2 aliphatic rings. The van der Waals surface area contributed by atoms with Crippen molar-refractivity contribution in [2.75, 3.05) is 0 Å².